The van der Waals surface area contributed by atoms with Gasteiger partial charge in [0.15, 0.2) is 0 Å². The average molecular weight is 312 g/mol. The Morgan fingerprint density at radius 3 is 2.14 bits per heavy atom. The predicted molar refractivity (Wildman–Crippen MR) is 87.7 cm³/mol. The molecule has 5 heteroatoms. The van der Waals surface area contributed by atoms with E-state index in [0.29, 0.717) is 23.4 Å². The summed E-state index contributed by atoms with van der Waals surface area (Å²) in [5.74, 6) is 0.493. The molecule has 4 nitrogen and oxygen atoms in total. The number of sulfonamides is 1. The highest BCUT2D eigenvalue weighted by Crippen LogP contribution is 2.16. The minimum Gasteiger partial charge on any atom is -0.310 e. The van der Waals surface area contributed by atoms with E-state index in [1.165, 1.54) is 4.31 Å². The molecule has 120 valence electrons. The molecule has 0 aliphatic carbocycles. The third-order valence-electron chi connectivity index (χ3n) is 3.37. The van der Waals surface area contributed by atoms with E-state index in [9.17, 15) is 8.42 Å². The van der Waals surface area contributed by atoms with Gasteiger partial charge in [0.1, 0.15) is 0 Å². The van der Waals surface area contributed by atoms with Crippen LogP contribution in [0.3, 0.4) is 0 Å². The minimum absolute atomic E-state index is 0.363. The number of rotatable bonds is 8. The lowest BCUT2D eigenvalue weighted by Gasteiger charge is -2.18. The van der Waals surface area contributed by atoms with Crippen LogP contribution in [0.4, 0.5) is 0 Å². The van der Waals surface area contributed by atoms with Crippen molar-refractivity contribution in [3.05, 3.63) is 29.8 Å². The quantitative estimate of drug-likeness (QED) is 0.803. The maximum absolute atomic E-state index is 12.4. The molecule has 0 saturated carbocycles. The van der Waals surface area contributed by atoms with Crippen molar-refractivity contribution in [1.82, 2.24) is 9.62 Å². The molecule has 0 heterocycles. The molecule has 0 amide bonds. The maximum atomic E-state index is 12.4. The minimum atomic E-state index is -3.37. The molecule has 0 unspecified atom stereocenters. The first kappa shape index (κ1) is 18.1. The summed E-state index contributed by atoms with van der Waals surface area (Å²) >= 11 is 0. The van der Waals surface area contributed by atoms with Gasteiger partial charge in [0.2, 0.25) is 10.0 Å². The highest BCUT2D eigenvalue weighted by atomic mass is 32.2. The highest BCUT2D eigenvalue weighted by Gasteiger charge is 2.20. The van der Waals surface area contributed by atoms with Crippen LogP contribution in [-0.2, 0) is 16.6 Å². The van der Waals surface area contributed by atoms with Gasteiger partial charge in [0.25, 0.3) is 0 Å². The molecule has 0 aliphatic rings. The summed E-state index contributed by atoms with van der Waals surface area (Å²) in [6.07, 6.45) is 0.867. The Morgan fingerprint density at radius 1 is 1.10 bits per heavy atom. The monoisotopic (exact) mass is 312 g/mol. The fourth-order valence-corrected chi connectivity index (χ4v) is 3.03. The van der Waals surface area contributed by atoms with Crippen LogP contribution < -0.4 is 5.32 Å². The summed E-state index contributed by atoms with van der Waals surface area (Å²) in [5, 5.41) is 3.32. The second kappa shape index (κ2) is 7.92. The van der Waals surface area contributed by atoms with Crippen molar-refractivity contribution < 1.29 is 8.42 Å². The van der Waals surface area contributed by atoms with Gasteiger partial charge in [0.05, 0.1) is 4.90 Å². The van der Waals surface area contributed by atoms with Gasteiger partial charge in [-0.15, -0.1) is 0 Å². The fourth-order valence-electron chi connectivity index (χ4n) is 1.84. The summed E-state index contributed by atoms with van der Waals surface area (Å²) in [6.45, 7) is 9.66. The van der Waals surface area contributed by atoms with E-state index < -0.39 is 10.0 Å². The SMILES string of the molecule is CC(C)CCN(C)S(=O)(=O)c1ccc(CNC(C)C)cc1. The third kappa shape index (κ3) is 5.77. The van der Waals surface area contributed by atoms with Crippen LogP contribution in [0, 0.1) is 5.92 Å². The molecule has 0 fully saturated rings. The molecule has 0 atom stereocenters. The van der Waals surface area contributed by atoms with Crippen molar-refractivity contribution in [3.8, 4) is 0 Å². The standard InChI is InChI=1S/C16H28N2O2S/c1-13(2)10-11-18(5)21(19,20)16-8-6-15(7-9-16)12-17-14(3)4/h6-9,13-14,17H,10-12H2,1-5H3. The van der Waals surface area contributed by atoms with Crippen molar-refractivity contribution in [2.75, 3.05) is 13.6 Å². The van der Waals surface area contributed by atoms with Crippen LogP contribution in [0.1, 0.15) is 39.7 Å². The predicted octanol–water partition coefficient (Wildman–Crippen LogP) is 2.85. The van der Waals surface area contributed by atoms with Crippen LogP contribution in [0.25, 0.3) is 0 Å². The van der Waals surface area contributed by atoms with Crippen molar-refractivity contribution in [1.29, 1.82) is 0 Å². The molecule has 1 aromatic carbocycles. The van der Waals surface area contributed by atoms with Crippen LogP contribution in [0.15, 0.2) is 29.2 Å². The molecule has 21 heavy (non-hydrogen) atoms. The molecule has 1 rings (SSSR count). The molecular formula is C16H28N2O2S. The fraction of sp³-hybridized carbons (Fsp3) is 0.625. The smallest absolute Gasteiger partial charge is 0.242 e. The van der Waals surface area contributed by atoms with Crippen molar-refractivity contribution in [2.24, 2.45) is 5.92 Å². The normalized spacial score (nSPS) is 12.6. The summed E-state index contributed by atoms with van der Waals surface area (Å²) in [5.41, 5.74) is 1.09. The molecule has 0 aromatic heterocycles. The largest absolute Gasteiger partial charge is 0.310 e. The number of hydrogen-bond donors (Lipinski definition) is 1. The van der Waals surface area contributed by atoms with E-state index in [1.54, 1.807) is 19.2 Å². The number of benzene rings is 1. The summed E-state index contributed by atoms with van der Waals surface area (Å²) in [6, 6.07) is 7.55. The van der Waals surface area contributed by atoms with E-state index >= 15 is 0 Å². The average Bonchev–Trinajstić information content (AvgIpc) is 2.42. The zero-order valence-corrected chi connectivity index (χ0v) is 14.6. The molecule has 0 saturated heterocycles. The van der Waals surface area contributed by atoms with Crippen LogP contribution in [-0.4, -0.2) is 32.4 Å². The van der Waals surface area contributed by atoms with Gasteiger partial charge in [-0.05, 0) is 30.0 Å². The first-order valence-corrected chi connectivity index (χ1v) is 8.96. The van der Waals surface area contributed by atoms with E-state index in [4.69, 9.17) is 0 Å². The summed E-state index contributed by atoms with van der Waals surface area (Å²) < 4.78 is 26.3. The molecule has 1 aromatic rings. The summed E-state index contributed by atoms with van der Waals surface area (Å²) in [7, 11) is -1.72. The second-order valence-corrected chi connectivity index (χ2v) is 8.23. The Labute approximate surface area is 129 Å². The van der Waals surface area contributed by atoms with Gasteiger partial charge in [-0.25, -0.2) is 12.7 Å². The lowest BCUT2D eigenvalue weighted by atomic mass is 10.1. The second-order valence-electron chi connectivity index (χ2n) is 6.19. The Bertz CT molecular complexity index is 522. The van der Waals surface area contributed by atoms with Gasteiger partial charge in [-0.1, -0.05) is 39.8 Å². The van der Waals surface area contributed by atoms with Crippen molar-refractivity contribution >= 4 is 10.0 Å². The van der Waals surface area contributed by atoms with Crippen molar-refractivity contribution in [2.45, 2.75) is 51.6 Å². The highest BCUT2D eigenvalue weighted by molar-refractivity contribution is 7.89. The Morgan fingerprint density at radius 2 is 1.67 bits per heavy atom. The molecular weight excluding hydrogens is 284 g/mol. The molecule has 0 spiro atoms. The Hall–Kier alpha value is -0.910. The number of hydrogen-bond acceptors (Lipinski definition) is 3. The molecule has 1 N–H and O–H groups in total. The van der Waals surface area contributed by atoms with Gasteiger partial charge >= 0.3 is 0 Å². The van der Waals surface area contributed by atoms with E-state index in [1.807, 2.05) is 12.1 Å². The van der Waals surface area contributed by atoms with Gasteiger partial charge in [-0.3, -0.25) is 0 Å². The van der Waals surface area contributed by atoms with Crippen molar-refractivity contribution in [3.63, 3.8) is 0 Å². The van der Waals surface area contributed by atoms with Gasteiger partial charge < -0.3 is 5.32 Å². The zero-order chi connectivity index (χ0) is 16.0. The topological polar surface area (TPSA) is 49.4 Å². The number of nitrogens with one attached hydrogen (secondary N) is 1. The first-order valence-electron chi connectivity index (χ1n) is 7.52. The van der Waals surface area contributed by atoms with Crippen LogP contribution >= 0.6 is 0 Å². The molecule has 0 radical (unpaired) electrons. The Kier molecular flexibility index (Phi) is 6.84. The Balaban J connectivity index is 2.75. The van der Waals surface area contributed by atoms with Crippen LogP contribution in [0.2, 0.25) is 0 Å². The maximum Gasteiger partial charge on any atom is 0.242 e. The van der Waals surface area contributed by atoms with E-state index in [-0.39, 0.29) is 0 Å². The first-order chi connectivity index (χ1) is 9.73. The van der Waals surface area contributed by atoms with Gasteiger partial charge in [0, 0.05) is 26.2 Å². The number of nitrogens with zero attached hydrogens (tertiary/aromatic N) is 1. The summed E-state index contributed by atoms with van der Waals surface area (Å²) in [4.78, 5) is 0.363. The molecule has 0 aliphatic heterocycles. The third-order valence-corrected chi connectivity index (χ3v) is 5.24. The lowest BCUT2D eigenvalue weighted by molar-refractivity contribution is 0.428. The van der Waals surface area contributed by atoms with E-state index in [0.717, 1.165) is 18.5 Å². The van der Waals surface area contributed by atoms with E-state index in [2.05, 4.69) is 33.0 Å². The van der Waals surface area contributed by atoms with Gasteiger partial charge in [-0.2, -0.15) is 0 Å². The molecule has 0 bridgehead atoms. The zero-order valence-electron chi connectivity index (χ0n) is 13.8. The lowest BCUT2D eigenvalue weighted by Crippen LogP contribution is -2.28. The van der Waals surface area contributed by atoms with Crippen LogP contribution in [0.5, 0.6) is 0 Å².